The lowest BCUT2D eigenvalue weighted by Crippen LogP contribution is -2.32. The summed E-state index contributed by atoms with van der Waals surface area (Å²) in [6, 6.07) is 6.06. The van der Waals surface area contributed by atoms with Gasteiger partial charge in [-0.05, 0) is 36.3 Å². The second-order valence-electron chi connectivity index (χ2n) is 8.28. The highest BCUT2D eigenvalue weighted by atomic mass is 32.1. The molecule has 5 aromatic heterocycles. The highest BCUT2D eigenvalue weighted by Gasteiger charge is 2.29. The fraction of sp³-hybridized carbons (Fsp3) is 0.364. The molecule has 0 saturated heterocycles. The molecule has 5 heterocycles. The fourth-order valence-corrected chi connectivity index (χ4v) is 5.50. The van der Waals surface area contributed by atoms with Gasteiger partial charge in [0.2, 0.25) is 5.89 Å². The summed E-state index contributed by atoms with van der Waals surface area (Å²) in [4.78, 5) is 22.4. The van der Waals surface area contributed by atoms with Gasteiger partial charge < -0.3 is 9.40 Å². The van der Waals surface area contributed by atoms with E-state index in [-0.39, 0.29) is 18.3 Å². The van der Waals surface area contributed by atoms with Gasteiger partial charge in [0.15, 0.2) is 0 Å². The van der Waals surface area contributed by atoms with Crippen molar-refractivity contribution in [2.45, 2.75) is 45.2 Å². The Morgan fingerprint density at radius 1 is 1.26 bits per heavy atom. The van der Waals surface area contributed by atoms with Crippen LogP contribution in [0.1, 0.15) is 44.5 Å². The molecule has 0 spiro atoms. The summed E-state index contributed by atoms with van der Waals surface area (Å²) >= 11 is 1.54. The molecule has 0 bridgehead atoms. The maximum atomic E-state index is 13.7. The number of aromatic nitrogens is 6. The number of fused-ring (bicyclic) bond motifs is 3. The van der Waals surface area contributed by atoms with Gasteiger partial charge in [0, 0.05) is 17.6 Å². The van der Waals surface area contributed by atoms with Gasteiger partial charge in [-0.15, -0.1) is 21.5 Å². The zero-order chi connectivity index (χ0) is 20.9. The Kier molecular flexibility index (Phi) is 4.31. The van der Waals surface area contributed by atoms with Crippen molar-refractivity contribution in [2.24, 2.45) is 5.92 Å². The van der Waals surface area contributed by atoms with Gasteiger partial charge >= 0.3 is 5.69 Å². The summed E-state index contributed by atoms with van der Waals surface area (Å²) in [5.74, 6) is 1.34. The smallest absolute Gasteiger partial charge is 0.329 e. The summed E-state index contributed by atoms with van der Waals surface area (Å²) in [6.45, 7) is 2.47. The predicted octanol–water partition coefficient (Wildman–Crippen LogP) is 4.59. The molecule has 1 saturated carbocycles. The molecule has 1 fully saturated rings. The molecule has 5 aromatic rings. The van der Waals surface area contributed by atoms with Crippen LogP contribution >= 0.6 is 11.3 Å². The van der Waals surface area contributed by atoms with Crippen LogP contribution in [0.3, 0.4) is 0 Å². The zero-order valence-electron chi connectivity index (χ0n) is 17.1. The van der Waals surface area contributed by atoms with Crippen molar-refractivity contribution in [1.29, 1.82) is 0 Å². The van der Waals surface area contributed by atoms with E-state index < -0.39 is 0 Å². The summed E-state index contributed by atoms with van der Waals surface area (Å²) < 4.78 is 9.59. The third-order valence-electron chi connectivity index (χ3n) is 6.40. The van der Waals surface area contributed by atoms with Crippen molar-refractivity contribution < 1.29 is 4.42 Å². The lowest BCUT2D eigenvalue weighted by atomic mass is 9.85. The molecular weight excluding hydrogens is 412 g/mol. The van der Waals surface area contributed by atoms with E-state index in [1.54, 1.807) is 22.1 Å². The van der Waals surface area contributed by atoms with E-state index >= 15 is 0 Å². The van der Waals surface area contributed by atoms with Crippen LogP contribution in [-0.4, -0.2) is 29.3 Å². The van der Waals surface area contributed by atoms with E-state index in [9.17, 15) is 4.79 Å². The number of thiophene rings is 1. The van der Waals surface area contributed by atoms with Crippen molar-refractivity contribution in [2.75, 3.05) is 0 Å². The molecule has 0 radical (unpaired) electrons. The molecule has 31 heavy (non-hydrogen) atoms. The van der Waals surface area contributed by atoms with Gasteiger partial charge in [0.05, 0.1) is 22.1 Å². The first kappa shape index (κ1) is 18.6. The first-order chi connectivity index (χ1) is 15.2. The van der Waals surface area contributed by atoms with Crippen molar-refractivity contribution in [3.05, 3.63) is 52.3 Å². The number of hydrogen-bond acceptors (Lipinski definition) is 6. The average Bonchev–Trinajstić information content (AvgIpc) is 3.56. The predicted molar refractivity (Wildman–Crippen MR) is 119 cm³/mol. The first-order valence-electron chi connectivity index (χ1n) is 10.6. The van der Waals surface area contributed by atoms with Crippen LogP contribution in [0.2, 0.25) is 0 Å². The molecule has 2 atom stereocenters. The van der Waals surface area contributed by atoms with Crippen molar-refractivity contribution in [3.8, 4) is 10.8 Å². The summed E-state index contributed by atoms with van der Waals surface area (Å²) in [6.07, 6.45) is 8.16. The van der Waals surface area contributed by atoms with Gasteiger partial charge in [0.25, 0.3) is 5.89 Å². The largest absolute Gasteiger partial charge is 0.418 e. The van der Waals surface area contributed by atoms with Gasteiger partial charge in [-0.3, -0.25) is 9.13 Å². The Labute approximate surface area is 181 Å². The van der Waals surface area contributed by atoms with Crippen LogP contribution in [0.25, 0.3) is 32.8 Å². The molecule has 0 aliphatic heterocycles. The maximum absolute atomic E-state index is 13.7. The second kappa shape index (κ2) is 7.19. The lowest BCUT2D eigenvalue weighted by molar-refractivity contribution is 0.256. The van der Waals surface area contributed by atoms with E-state index in [0.29, 0.717) is 17.7 Å². The van der Waals surface area contributed by atoms with Crippen LogP contribution in [0, 0.1) is 5.92 Å². The van der Waals surface area contributed by atoms with Crippen LogP contribution < -0.4 is 5.69 Å². The van der Waals surface area contributed by atoms with Crippen molar-refractivity contribution in [1.82, 2.24) is 29.3 Å². The number of rotatable bonds is 4. The molecule has 8 nitrogen and oxygen atoms in total. The van der Waals surface area contributed by atoms with Crippen molar-refractivity contribution >= 4 is 33.4 Å². The van der Waals surface area contributed by atoms with E-state index in [1.807, 2.05) is 34.3 Å². The third-order valence-corrected chi connectivity index (χ3v) is 7.26. The van der Waals surface area contributed by atoms with Gasteiger partial charge in [-0.25, -0.2) is 9.78 Å². The van der Waals surface area contributed by atoms with E-state index in [0.717, 1.165) is 46.2 Å². The molecule has 158 valence electrons. The van der Waals surface area contributed by atoms with Crippen LogP contribution in [-0.2, 0) is 6.54 Å². The van der Waals surface area contributed by atoms with Crippen LogP contribution in [0.5, 0.6) is 0 Å². The molecule has 9 heteroatoms. The SMILES string of the molecule is C[C@@H]1CCCC[C@@H]1n1c(=O)n(Cc2nnc(-c3cccs3)o2)c2cnc3[nH]ccc3c21. The first-order valence-corrected chi connectivity index (χ1v) is 11.5. The third kappa shape index (κ3) is 2.95. The number of imidazole rings is 1. The Morgan fingerprint density at radius 3 is 3.00 bits per heavy atom. The highest BCUT2D eigenvalue weighted by molar-refractivity contribution is 7.13. The minimum atomic E-state index is -0.0416. The molecule has 6 rings (SSSR count). The lowest BCUT2D eigenvalue weighted by Gasteiger charge is -2.29. The summed E-state index contributed by atoms with van der Waals surface area (Å²) in [5, 5.41) is 11.3. The molecular formula is C22H22N6O2S. The van der Waals surface area contributed by atoms with Gasteiger partial charge in [-0.2, -0.15) is 0 Å². The topological polar surface area (TPSA) is 94.5 Å². The zero-order valence-corrected chi connectivity index (χ0v) is 17.9. The Balaban J connectivity index is 1.52. The Hall–Kier alpha value is -3.20. The maximum Gasteiger partial charge on any atom is 0.329 e. The molecule has 0 amide bonds. The quantitative estimate of drug-likeness (QED) is 0.446. The second-order valence-corrected chi connectivity index (χ2v) is 9.23. The highest BCUT2D eigenvalue weighted by Crippen LogP contribution is 2.36. The Morgan fingerprint density at radius 2 is 2.16 bits per heavy atom. The molecule has 1 aliphatic rings. The number of aromatic amines is 1. The number of nitrogens with zero attached hydrogens (tertiary/aromatic N) is 5. The van der Waals surface area contributed by atoms with Gasteiger partial charge in [0.1, 0.15) is 12.2 Å². The molecule has 0 unspecified atom stereocenters. The van der Waals surface area contributed by atoms with E-state index in [4.69, 9.17) is 4.42 Å². The Bertz CT molecular complexity index is 1420. The standard InChI is InChI=1S/C22H22N6O2S/c1-13-5-2-3-6-15(13)28-19-14-8-9-23-20(14)24-11-16(19)27(22(28)29)12-18-25-26-21(30-18)17-7-4-10-31-17/h4,7-11,13,15H,2-3,5-6,12H2,1H3,(H,23,24)/t13-,15+/m1/s1. The van der Waals surface area contributed by atoms with Crippen LogP contribution in [0.15, 0.2) is 45.2 Å². The summed E-state index contributed by atoms with van der Waals surface area (Å²) in [7, 11) is 0. The summed E-state index contributed by atoms with van der Waals surface area (Å²) in [5.41, 5.74) is 2.48. The molecule has 1 N–H and O–H groups in total. The molecule has 0 aromatic carbocycles. The number of H-pyrrole nitrogens is 1. The number of pyridine rings is 1. The average molecular weight is 435 g/mol. The number of hydrogen-bond donors (Lipinski definition) is 1. The molecule has 1 aliphatic carbocycles. The van der Waals surface area contributed by atoms with E-state index in [2.05, 4.69) is 27.1 Å². The van der Waals surface area contributed by atoms with Crippen LogP contribution in [0.4, 0.5) is 0 Å². The monoisotopic (exact) mass is 434 g/mol. The minimum Gasteiger partial charge on any atom is -0.418 e. The number of nitrogens with one attached hydrogen (secondary N) is 1. The van der Waals surface area contributed by atoms with Crippen molar-refractivity contribution in [3.63, 3.8) is 0 Å². The normalized spacial score (nSPS) is 19.5. The fourth-order valence-electron chi connectivity index (χ4n) is 4.86. The van der Waals surface area contributed by atoms with Gasteiger partial charge in [-0.1, -0.05) is 25.8 Å². The van der Waals surface area contributed by atoms with E-state index in [1.165, 1.54) is 6.42 Å². The minimum absolute atomic E-state index is 0.0416.